The predicted molar refractivity (Wildman–Crippen MR) is 126 cm³/mol. The van der Waals surface area contributed by atoms with Crippen molar-refractivity contribution in [3.8, 4) is 0 Å². The molecule has 8 heteroatoms. The minimum atomic E-state index is -0.421. The van der Waals surface area contributed by atoms with Crippen LogP contribution in [-0.4, -0.2) is 48.6 Å². The average molecular weight is 441 g/mol. The Labute approximate surface area is 188 Å². The molecule has 8 nitrogen and oxygen atoms in total. The molecule has 2 aliphatic carbocycles. The van der Waals surface area contributed by atoms with Crippen LogP contribution in [0.5, 0.6) is 0 Å². The van der Waals surface area contributed by atoms with Gasteiger partial charge in [-0.2, -0.15) is 0 Å². The number of methoxy groups -OCH3 is 1. The quantitative estimate of drug-likeness (QED) is 0.343. The summed E-state index contributed by atoms with van der Waals surface area (Å²) in [6.07, 6.45) is 13.0. The predicted octanol–water partition coefficient (Wildman–Crippen LogP) is 3.69. The number of rotatable bonds is 9. The van der Waals surface area contributed by atoms with E-state index in [1.165, 1.54) is 0 Å². The molecule has 3 rings (SSSR count). The number of aliphatic hydroxyl groups is 1. The van der Waals surface area contributed by atoms with E-state index in [1.807, 2.05) is 12.1 Å². The van der Waals surface area contributed by atoms with Gasteiger partial charge < -0.3 is 30.9 Å². The molecule has 1 saturated carbocycles. The molecule has 1 atom stereocenters. The van der Waals surface area contributed by atoms with Crippen molar-refractivity contribution in [3.63, 3.8) is 0 Å². The standard InChI is InChI=1S/C24H32N4O4/c1-16(27-24(30)28-19-5-3-4-6-19)7-9-21-20(25)13-18(15-26-21)17-8-10-22(29)23(14-17)32-12-11-31-2/h7-10,13,15,19,23,29H,1,3-6,11-12,14,25H2,2H3,(H2,27,28,30)/b9-7-. The van der Waals surface area contributed by atoms with Gasteiger partial charge in [-0.25, -0.2) is 4.79 Å². The first-order chi connectivity index (χ1) is 15.5. The summed E-state index contributed by atoms with van der Waals surface area (Å²) in [5, 5.41) is 15.7. The lowest BCUT2D eigenvalue weighted by Crippen LogP contribution is -2.39. The molecule has 0 saturated heterocycles. The fourth-order valence-electron chi connectivity index (χ4n) is 3.76. The van der Waals surface area contributed by atoms with E-state index in [1.54, 1.807) is 31.5 Å². The number of carbonyl (C=O) groups excluding carboxylic acids is 1. The summed E-state index contributed by atoms with van der Waals surface area (Å²) in [5.74, 6) is 0.188. The molecule has 2 amide bonds. The topological polar surface area (TPSA) is 119 Å². The second-order valence-corrected chi connectivity index (χ2v) is 7.98. The summed E-state index contributed by atoms with van der Waals surface area (Å²) in [5.41, 5.74) is 9.56. The van der Waals surface area contributed by atoms with E-state index in [9.17, 15) is 9.90 Å². The number of amides is 2. The summed E-state index contributed by atoms with van der Waals surface area (Å²) in [4.78, 5) is 16.5. The Bertz CT molecular complexity index is 917. The third kappa shape index (κ3) is 6.70. The van der Waals surface area contributed by atoms with Crippen LogP contribution in [0.3, 0.4) is 0 Å². The van der Waals surface area contributed by atoms with Gasteiger partial charge in [0.1, 0.15) is 11.9 Å². The number of nitrogens with two attached hydrogens (primary N) is 1. The fourth-order valence-corrected chi connectivity index (χ4v) is 3.76. The van der Waals surface area contributed by atoms with E-state index in [2.05, 4.69) is 22.2 Å². The molecule has 5 N–H and O–H groups in total. The maximum atomic E-state index is 12.0. The van der Waals surface area contributed by atoms with Gasteiger partial charge in [0.25, 0.3) is 0 Å². The number of nitrogens with one attached hydrogen (secondary N) is 2. The zero-order chi connectivity index (χ0) is 22.9. The Morgan fingerprint density at radius 2 is 2.12 bits per heavy atom. The van der Waals surface area contributed by atoms with Gasteiger partial charge in [0.05, 0.1) is 24.6 Å². The number of carbonyl (C=O) groups is 1. The van der Waals surface area contributed by atoms with Crippen molar-refractivity contribution in [2.75, 3.05) is 26.1 Å². The lowest BCUT2D eigenvalue weighted by Gasteiger charge is -2.22. The van der Waals surface area contributed by atoms with Crippen molar-refractivity contribution < 1.29 is 19.4 Å². The first-order valence-corrected chi connectivity index (χ1v) is 10.9. The molecule has 0 spiro atoms. The number of aromatic nitrogens is 1. The summed E-state index contributed by atoms with van der Waals surface area (Å²) in [6.45, 7) is 4.72. The second-order valence-electron chi connectivity index (χ2n) is 7.98. The third-order valence-electron chi connectivity index (χ3n) is 5.52. The molecule has 32 heavy (non-hydrogen) atoms. The molecule has 1 aromatic heterocycles. The zero-order valence-electron chi connectivity index (χ0n) is 18.5. The number of aliphatic hydroxyl groups excluding tert-OH is 1. The molecular weight excluding hydrogens is 408 g/mol. The van der Waals surface area contributed by atoms with Gasteiger partial charge in [-0.3, -0.25) is 4.98 Å². The Hall–Kier alpha value is -3.10. The monoisotopic (exact) mass is 440 g/mol. The van der Waals surface area contributed by atoms with Crippen LogP contribution >= 0.6 is 0 Å². The summed E-state index contributed by atoms with van der Waals surface area (Å²) < 4.78 is 10.7. The normalized spacial score (nSPS) is 19.0. The van der Waals surface area contributed by atoms with Crippen molar-refractivity contribution in [2.45, 2.75) is 44.2 Å². The summed E-state index contributed by atoms with van der Waals surface area (Å²) in [7, 11) is 1.60. The van der Waals surface area contributed by atoms with Crippen LogP contribution < -0.4 is 16.4 Å². The largest absolute Gasteiger partial charge is 0.510 e. The highest BCUT2D eigenvalue weighted by molar-refractivity contribution is 5.77. The second kappa shape index (κ2) is 11.5. The van der Waals surface area contributed by atoms with Crippen molar-refractivity contribution in [1.82, 2.24) is 15.6 Å². The van der Waals surface area contributed by atoms with Crippen LogP contribution in [0.4, 0.5) is 10.5 Å². The molecule has 172 valence electrons. The van der Waals surface area contributed by atoms with Crippen LogP contribution in [0, 0.1) is 0 Å². The number of urea groups is 1. The third-order valence-corrected chi connectivity index (χ3v) is 5.52. The van der Waals surface area contributed by atoms with Gasteiger partial charge in [-0.05, 0) is 48.3 Å². The average Bonchev–Trinajstić information content (AvgIpc) is 3.27. The number of allylic oxidation sites excluding steroid dienone is 3. The number of ether oxygens (including phenoxy) is 2. The van der Waals surface area contributed by atoms with E-state index >= 15 is 0 Å². The van der Waals surface area contributed by atoms with E-state index in [-0.39, 0.29) is 17.8 Å². The van der Waals surface area contributed by atoms with Crippen molar-refractivity contribution in [2.24, 2.45) is 0 Å². The van der Waals surface area contributed by atoms with Crippen molar-refractivity contribution in [3.05, 3.63) is 59.8 Å². The molecular formula is C24H32N4O4. The number of hydrogen-bond donors (Lipinski definition) is 4. The van der Waals surface area contributed by atoms with Crippen LogP contribution in [0.1, 0.15) is 43.4 Å². The number of nitrogen functional groups attached to an aromatic ring is 1. The van der Waals surface area contributed by atoms with E-state index in [4.69, 9.17) is 15.2 Å². The molecule has 0 bridgehead atoms. The number of pyridine rings is 1. The lowest BCUT2D eigenvalue weighted by atomic mass is 9.95. The molecule has 1 heterocycles. The van der Waals surface area contributed by atoms with Crippen molar-refractivity contribution in [1.29, 1.82) is 0 Å². The molecule has 0 aliphatic heterocycles. The molecule has 2 aliphatic rings. The number of anilines is 1. The van der Waals surface area contributed by atoms with E-state index in [0.717, 1.165) is 36.8 Å². The Balaban J connectivity index is 1.57. The molecule has 0 radical (unpaired) electrons. The van der Waals surface area contributed by atoms with Gasteiger partial charge in [0.2, 0.25) is 0 Å². The summed E-state index contributed by atoms with van der Waals surface area (Å²) >= 11 is 0. The minimum Gasteiger partial charge on any atom is -0.510 e. The molecule has 0 aromatic carbocycles. The van der Waals surface area contributed by atoms with Gasteiger partial charge in [-0.15, -0.1) is 0 Å². The highest BCUT2D eigenvalue weighted by Gasteiger charge is 2.21. The highest BCUT2D eigenvalue weighted by Crippen LogP contribution is 2.29. The van der Waals surface area contributed by atoms with Crippen LogP contribution in [-0.2, 0) is 9.47 Å². The number of nitrogens with zero attached hydrogens (tertiary/aromatic N) is 1. The zero-order valence-corrected chi connectivity index (χ0v) is 18.5. The van der Waals surface area contributed by atoms with Gasteiger partial charge in [0.15, 0.2) is 0 Å². The van der Waals surface area contributed by atoms with E-state index < -0.39 is 6.10 Å². The smallest absolute Gasteiger partial charge is 0.319 e. The van der Waals surface area contributed by atoms with Crippen LogP contribution in [0.25, 0.3) is 11.6 Å². The van der Waals surface area contributed by atoms with Gasteiger partial charge in [0, 0.05) is 31.5 Å². The van der Waals surface area contributed by atoms with Gasteiger partial charge >= 0.3 is 6.03 Å². The molecule has 1 unspecified atom stereocenters. The Morgan fingerprint density at radius 1 is 1.34 bits per heavy atom. The SMILES string of the molecule is C=C(/C=C\c1ncc(C2=CC=C(O)C(OCCOC)C2)cc1N)NC(=O)NC1CCCC1. The maximum Gasteiger partial charge on any atom is 0.319 e. The first-order valence-electron chi connectivity index (χ1n) is 10.9. The van der Waals surface area contributed by atoms with Crippen molar-refractivity contribution >= 4 is 23.4 Å². The fraction of sp³-hybridized carbons (Fsp3) is 0.417. The number of hydrogen-bond acceptors (Lipinski definition) is 6. The lowest BCUT2D eigenvalue weighted by molar-refractivity contribution is 0.0180. The van der Waals surface area contributed by atoms with E-state index in [0.29, 0.717) is 36.7 Å². The minimum absolute atomic E-state index is 0.188. The molecule has 1 aromatic rings. The highest BCUT2D eigenvalue weighted by atomic mass is 16.5. The summed E-state index contributed by atoms with van der Waals surface area (Å²) in [6, 6.07) is 1.84. The van der Waals surface area contributed by atoms with Gasteiger partial charge in [-0.1, -0.05) is 25.5 Å². The molecule has 1 fully saturated rings. The van der Waals surface area contributed by atoms with Crippen LogP contribution in [0.15, 0.2) is 48.5 Å². The Morgan fingerprint density at radius 3 is 2.84 bits per heavy atom. The van der Waals surface area contributed by atoms with Crippen LogP contribution in [0.2, 0.25) is 0 Å². The Kier molecular flexibility index (Phi) is 8.47. The maximum absolute atomic E-state index is 12.0. The first kappa shape index (κ1) is 23.6.